The summed E-state index contributed by atoms with van der Waals surface area (Å²) in [5.41, 5.74) is 3.86. The van der Waals surface area contributed by atoms with Crippen LogP contribution in [0.2, 0.25) is 0 Å². The fourth-order valence-electron chi connectivity index (χ4n) is 10.1. The van der Waals surface area contributed by atoms with Crippen LogP contribution in [0.25, 0.3) is 22.4 Å². The molecule has 17 heteroatoms. The average molecular weight is 875 g/mol. The summed E-state index contributed by atoms with van der Waals surface area (Å²) < 4.78 is 36.4. The largest absolute Gasteiger partial charge is 0.444 e. The van der Waals surface area contributed by atoms with Crippen molar-refractivity contribution in [1.29, 1.82) is 0 Å². The summed E-state index contributed by atoms with van der Waals surface area (Å²) in [6.07, 6.45) is 6.68. The van der Waals surface area contributed by atoms with E-state index in [1.807, 2.05) is 28.8 Å². The monoisotopic (exact) mass is 874 g/mol. The molecule has 2 aliphatic carbocycles. The molecule has 6 heterocycles. The maximum absolute atomic E-state index is 14.5. The quantitative estimate of drug-likeness (QED) is 0.104. The number of likely N-dealkylation sites (tertiary alicyclic amines) is 1. The van der Waals surface area contributed by atoms with Crippen LogP contribution in [0, 0.1) is 11.8 Å². The van der Waals surface area contributed by atoms with E-state index in [1.54, 1.807) is 18.3 Å². The number of amides is 4. The topological polar surface area (TPSA) is 171 Å². The number of fused-ring (bicyclic) bond motifs is 2. The lowest BCUT2D eigenvalue weighted by molar-refractivity contribution is -0.134. The van der Waals surface area contributed by atoms with Crippen molar-refractivity contribution < 1.29 is 32.4 Å². The van der Waals surface area contributed by atoms with Crippen molar-refractivity contribution in [3.05, 3.63) is 88.6 Å². The van der Waals surface area contributed by atoms with Gasteiger partial charge < -0.3 is 24.9 Å². The summed E-state index contributed by atoms with van der Waals surface area (Å²) in [5, 5.41) is 14.1. The Hall–Kier alpha value is -6.07. The molecule has 0 radical (unpaired) electrons. The summed E-state index contributed by atoms with van der Waals surface area (Å²) >= 11 is 0. The molecule has 5 aromatic rings. The van der Waals surface area contributed by atoms with Crippen LogP contribution in [-0.4, -0.2) is 103 Å². The number of aromatic nitrogens is 4. The number of rotatable bonds is 14. The molecule has 4 amide bonds. The van der Waals surface area contributed by atoms with Crippen LogP contribution < -0.4 is 16.0 Å². The highest BCUT2D eigenvalue weighted by molar-refractivity contribution is 6.05. The molecular weight excluding hydrogens is 823 g/mol. The maximum atomic E-state index is 14.5. The van der Waals surface area contributed by atoms with Crippen LogP contribution in [0.1, 0.15) is 107 Å². The van der Waals surface area contributed by atoms with Gasteiger partial charge in [-0.25, -0.2) is 18.7 Å². The highest BCUT2D eigenvalue weighted by Crippen LogP contribution is 2.39. The van der Waals surface area contributed by atoms with E-state index in [4.69, 9.17) is 9.52 Å². The first-order valence-electron chi connectivity index (χ1n) is 22.4. The van der Waals surface area contributed by atoms with Gasteiger partial charge in [-0.1, -0.05) is 18.2 Å². The van der Waals surface area contributed by atoms with Gasteiger partial charge >= 0.3 is 0 Å². The first-order chi connectivity index (χ1) is 30.9. The van der Waals surface area contributed by atoms with Gasteiger partial charge in [0.25, 0.3) is 18.2 Å². The van der Waals surface area contributed by atoms with Crippen molar-refractivity contribution in [2.24, 2.45) is 18.9 Å². The van der Waals surface area contributed by atoms with Crippen molar-refractivity contribution in [3.8, 4) is 11.5 Å². The van der Waals surface area contributed by atoms with Crippen molar-refractivity contribution in [3.63, 3.8) is 0 Å². The molecule has 0 spiro atoms. The van der Waals surface area contributed by atoms with Crippen molar-refractivity contribution in [1.82, 2.24) is 39.8 Å². The molecule has 2 aromatic carbocycles. The molecule has 3 aromatic heterocycles. The Morgan fingerprint density at radius 1 is 1.02 bits per heavy atom. The number of piperidine rings is 1. The lowest BCUT2D eigenvalue weighted by Crippen LogP contribution is -2.58. The third-order valence-corrected chi connectivity index (χ3v) is 13.9. The van der Waals surface area contributed by atoms with Gasteiger partial charge in [-0.3, -0.25) is 34.1 Å². The molecule has 2 saturated heterocycles. The second-order valence-corrected chi connectivity index (χ2v) is 18.4. The van der Waals surface area contributed by atoms with E-state index in [1.165, 1.54) is 31.2 Å². The van der Waals surface area contributed by atoms with Crippen LogP contribution in [0.4, 0.5) is 20.3 Å². The van der Waals surface area contributed by atoms with Gasteiger partial charge in [0.2, 0.25) is 17.7 Å². The fraction of sp³-hybridized carbons (Fsp3) is 0.468. The number of carbonyl (C=O) groups excluding carboxylic acids is 4. The van der Waals surface area contributed by atoms with Gasteiger partial charge in [-0.15, -0.1) is 0 Å². The number of nitrogens with one attached hydrogen (secondary N) is 3. The Kier molecular flexibility index (Phi) is 11.2. The second kappa shape index (κ2) is 17.1. The van der Waals surface area contributed by atoms with E-state index in [2.05, 4.69) is 48.8 Å². The molecule has 15 nitrogen and oxygen atoms in total. The molecule has 0 bridgehead atoms. The SMILES string of the molecule is CN(CC1CCC(N2Cc3cc(NC(=O)c4coc(-c5ccnc(NCC6CC6)c5)n4)c(C(F)F)cc3C2=O)CC1)C1CN(Cc2cccc3c(C4CCC(=O)NC4=O)nn(C)c23)C1. The summed E-state index contributed by atoms with van der Waals surface area (Å²) in [4.78, 5) is 66.8. The first-order valence-corrected chi connectivity index (χ1v) is 22.4. The van der Waals surface area contributed by atoms with E-state index < -0.39 is 23.8 Å². The molecule has 1 unspecified atom stereocenters. The number of hydrogen-bond acceptors (Lipinski definition) is 11. The zero-order chi connectivity index (χ0) is 44.2. The third kappa shape index (κ3) is 8.38. The van der Waals surface area contributed by atoms with Crippen molar-refractivity contribution >= 4 is 46.0 Å². The molecule has 4 fully saturated rings. The number of para-hydroxylation sites is 1. The second-order valence-electron chi connectivity index (χ2n) is 18.4. The standard InChI is InChI=1S/C47H52F2N10O5/c1-56(32-23-58(24-32)21-29-4-3-5-33-41(55-57(2)42(29)33)34-12-13-40(60)54-44(34)61)20-27-8-10-31(11-9-27)59-22-30-16-37(36(43(48)49)18-35(30)47(59)63)52-45(62)38-25-64-46(53-38)28-14-15-50-39(17-28)51-19-26-6-7-26/h3-5,14-18,25-27,31-32,34,43H,6-13,19-24H2,1-2H3,(H,50,51)(H,52,62)(H,54,60,61). The molecule has 5 aliphatic rings. The number of pyridine rings is 1. The number of benzene rings is 2. The van der Waals surface area contributed by atoms with E-state index in [0.717, 1.165) is 80.6 Å². The molecule has 1 atom stereocenters. The Bertz CT molecular complexity index is 2630. The zero-order valence-electron chi connectivity index (χ0n) is 36.0. The maximum Gasteiger partial charge on any atom is 0.277 e. The fourth-order valence-corrected chi connectivity index (χ4v) is 10.1. The number of oxazole rings is 1. The number of anilines is 2. The molecule has 2 saturated carbocycles. The molecular formula is C47H52F2N10O5. The summed E-state index contributed by atoms with van der Waals surface area (Å²) in [6, 6.07) is 12.8. The normalized spacial score (nSPS) is 21.8. The minimum atomic E-state index is -2.92. The van der Waals surface area contributed by atoms with Gasteiger partial charge in [0, 0.05) is 93.1 Å². The summed E-state index contributed by atoms with van der Waals surface area (Å²) in [6.45, 7) is 4.74. The number of hydrogen-bond donors (Lipinski definition) is 3. The highest BCUT2D eigenvalue weighted by Gasteiger charge is 2.38. The minimum Gasteiger partial charge on any atom is -0.444 e. The van der Waals surface area contributed by atoms with E-state index in [0.29, 0.717) is 54.2 Å². The van der Waals surface area contributed by atoms with Gasteiger partial charge in [-0.2, -0.15) is 5.10 Å². The predicted octanol–water partition coefficient (Wildman–Crippen LogP) is 6.49. The minimum absolute atomic E-state index is 0.00469. The van der Waals surface area contributed by atoms with E-state index in [9.17, 15) is 28.0 Å². The number of alkyl halides is 2. The first kappa shape index (κ1) is 41.9. The Balaban J connectivity index is 0.715. The van der Waals surface area contributed by atoms with Gasteiger partial charge in [0.15, 0.2) is 5.69 Å². The van der Waals surface area contributed by atoms with Crippen LogP contribution in [-0.2, 0) is 29.7 Å². The lowest BCUT2D eigenvalue weighted by Gasteiger charge is -2.46. The number of imide groups is 1. The molecule has 334 valence electrons. The molecule has 3 aliphatic heterocycles. The molecule has 3 N–H and O–H groups in total. The predicted molar refractivity (Wildman–Crippen MR) is 233 cm³/mol. The molecule has 64 heavy (non-hydrogen) atoms. The number of nitrogens with zero attached hydrogens (tertiary/aromatic N) is 7. The Morgan fingerprint density at radius 3 is 2.58 bits per heavy atom. The third-order valence-electron chi connectivity index (χ3n) is 13.9. The number of carbonyl (C=O) groups is 4. The Labute approximate surface area is 368 Å². The van der Waals surface area contributed by atoms with Gasteiger partial charge in [0.1, 0.15) is 12.1 Å². The van der Waals surface area contributed by atoms with Crippen LogP contribution in [0.5, 0.6) is 0 Å². The van der Waals surface area contributed by atoms with Crippen molar-refractivity contribution in [2.75, 3.05) is 43.9 Å². The smallest absolute Gasteiger partial charge is 0.277 e. The average Bonchev–Trinajstić information content (AvgIpc) is 3.70. The number of aryl methyl sites for hydroxylation is 1. The molecule has 10 rings (SSSR count). The van der Waals surface area contributed by atoms with Crippen LogP contribution in [0.3, 0.4) is 0 Å². The van der Waals surface area contributed by atoms with E-state index >= 15 is 0 Å². The Morgan fingerprint density at radius 2 is 1.81 bits per heavy atom. The van der Waals surface area contributed by atoms with E-state index in [-0.39, 0.29) is 46.6 Å². The van der Waals surface area contributed by atoms with Crippen molar-refractivity contribution in [2.45, 2.75) is 88.9 Å². The van der Waals surface area contributed by atoms with Crippen LogP contribution in [0.15, 0.2) is 59.3 Å². The van der Waals surface area contributed by atoms with Crippen LogP contribution >= 0.6 is 0 Å². The lowest BCUT2D eigenvalue weighted by atomic mass is 9.84. The number of likely N-dealkylation sites (N-methyl/N-ethyl adjacent to an activating group) is 1. The van der Waals surface area contributed by atoms with Gasteiger partial charge in [-0.05, 0) is 99.2 Å². The highest BCUT2D eigenvalue weighted by atomic mass is 19.3. The number of halogens is 2. The zero-order valence-corrected chi connectivity index (χ0v) is 36.0. The summed E-state index contributed by atoms with van der Waals surface area (Å²) in [5.74, 6) is 0.128. The summed E-state index contributed by atoms with van der Waals surface area (Å²) in [7, 11) is 4.10. The van der Waals surface area contributed by atoms with Gasteiger partial charge in [0.05, 0.1) is 22.8 Å².